The SMILES string of the molecule is [CH3][Sn]([CH3])([CH3])[c]1cncc2ccc(F)c(Cl)c12. The van der Waals surface area contributed by atoms with Gasteiger partial charge in [-0.3, -0.25) is 0 Å². The number of rotatable bonds is 1. The van der Waals surface area contributed by atoms with E-state index >= 15 is 0 Å². The van der Waals surface area contributed by atoms with Crippen LogP contribution in [0, 0.1) is 5.82 Å². The van der Waals surface area contributed by atoms with E-state index in [1.807, 2.05) is 6.20 Å². The molecule has 0 aliphatic rings. The third-order valence-corrected chi connectivity index (χ3v) is 8.69. The first-order chi connectivity index (χ1) is 7.41. The Morgan fingerprint density at radius 2 is 1.88 bits per heavy atom. The molecule has 0 aliphatic heterocycles. The van der Waals surface area contributed by atoms with E-state index in [1.165, 1.54) is 9.65 Å². The molecule has 0 saturated carbocycles. The van der Waals surface area contributed by atoms with Crippen LogP contribution in [0.4, 0.5) is 4.39 Å². The zero-order valence-corrected chi connectivity index (χ0v) is 13.1. The van der Waals surface area contributed by atoms with Crippen LogP contribution in [-0.2, 0) is 0 Å². The molecule has 0 fully saturated rings. The Morgan fingerprint density at radius 1 is 1.19 bits per heavy atom. The Labute approximate surface area is 104 Å². The molecule has 1 aromatic carbocycles. The standard InChI is InChI=1S/C9H4ClFN.3CH3.Sn/c10-9-7-3-4-12-5-6(7)1-2-8(9)11;;;;/h1-2,4-5H;3*1H3;. The first-order valence-corrected chi connectivity index (χ1v) is 15.5. The van der Waals surface area contributed by atoms with Gasteiger partial charge < -0.3 is 0 Å². The molecule has 0 bridgehead atoms. The summed E-state index contributed by atoms with van der Waals surface area (Å²) in [5.41, 5.74) is 0. The number of halogens is 2. The molecule has 0 aliphatic carbocycles. The molecule has 0 radical (unpaired) electrons. The summed E-state index contributed by atoms with van der Waals surface area (Å²) in [5.74, 6) is -0.350. The number of aromatic nitrogens is 1. The Bertz CT molecular complexity index is 548. The Hall–Kier alpha value is -0.351. The molecule has 2 rings (SSSR count). The van der Waals surface area contributed by atoms with Gasteiger partial charge in [0.15, 0.2) is 0 Å². The zero-order chi connectivity index (χ0) is 11.9. The van der Waals surface area contributed by atoms with Crippen LogP contribution in [0.25, 0.3) is 10.8 Å². The summed E-state index contributed by atoms with van der Waals surface area (Å²) in [4.78, 5) is 11.0. The number of benzene rings is 1. The van der Waals surface area contributed by atoms with Crippen molar-refractivity contribution in [1.29, 1.82) is 0 Å². The molecule has 0 N–H and O–H groups in total. The predicted octanol–water partition coefficient (Wildman–Crippen LogP) is 3.57. The van der Waals surface area contributed by atoms with E-state index in [4.69, 9.17) is 11.6 Å². The van der Waals surface area contributed by atoms with E-state index in [1.54, 1.807) is 12.3 Å². The van der Waals surface area contributed by atoms with E-state index in [9.17, 15) is 4.39 Å². The van der Waals surface area contributed by atoms with Gasteiger partial charge in [-0.1, -0.05) is 0 Å². The van der Waals surface area contributed by atoms with Crippen LogP contribution < -0.4 is 3.58 Å². The van der Waals surface area contributed by atoms with Gasteiger partial charge in [0.05, 0.1) is 0 Å². The van der Waals surface area contributed by atoms with Gasteiger partial charge in [-0.05, 0) is 0 Å². The number of pyridine rings is 1. The minimum atomic E-state index is -2.31. The van der Waals surface area contributed by atoms with Gasteiger partial charge in [0.1, 0.15) is 0 Å². The molecular formula is C12H13ClFNSn. The second kappa shape index (κ2) is 4.15. The molecule has 0 atom stereocenters. The van der Waals surface area contributed by atoms with E-state index in [2.05, 4.69) is 19.8 Å². The fourth-order valence-corrected chi connectivity index (χ4v) is 6.50. The van der Waals surface area contributed by atoms with E-state index in [0.29, 0.717) is 0 Å². The fourth-order valence-electron chi connectivity index (χ4n) is 1.77. The summed E-state index contributed by atoms with van der Waals surface area (Å²) in [7, 11) is 0. The molecule has 0 spiro atoms. The van der Waals surface area contributed by atoms with Crippen molar-refractivity contribution in [3.8, 4) is 0 Å². The molecular weight excluding hydrogens is 331 g/mol. The van der Waals surface area contributed by atoms with Crippen LogP contribution >= 0.6 is 11.6 Å². The van der Waals surface area contributed by atoms with Crippen molar-refractivity contribution in [2.24, 2.45) is 0 Å². The van der Waals surface area contributed by atoms with Crippen LogP contribution in [0.3, 0.4) is 0 Å². The summed E-state index contributed by atoms with van der Waals surface area (Å²) >= 11 is 3.76. The van der Waals surface area contributed by atoms with Crippen molar-refractivity contribution in [2.45, 2.75) is 14.8 Å². The number of fused-ring (bicyclic) bond motifs is 1. The van der Waals surface area contributed by atoms with Crippen molar-refractivity contribution < 1.29 is 4.39 Å². The second-order valence-corrected chi connectivity index (χ2v) is 19.7. The van der Waals surface area contributed by atoms with Crippen LogP contribution in [0.15, 0.2) is 24.5 Å². The third-order valence-electron chi connectivity index (χ3n) is 2.62. The zero-order valence-electron chi connectivity index (χ0n) is 9.51. The Morgan fingerprint density at radius 3 is 2.50 bits per heavy atom. The second-order valence-electron chi connectivity index (χ2n) is 4.90. The molecule has 0 saturated heterocycles. The van der Waals surface area contributed by atoms with Crippen molar-refractivity contribution in [3.63, 3.8) is 0 Å². The van der Waals surface area contributed by atoms with Crippen LogP contribution in [0.2, 0.25) is 19.8 Å². The summed E-state index contributed by atoms with van der Waals surface area (Å²) < 4.78 is 14.7. The van der Waals surface area contributed by atoms with Gasteiger partial charge in [-0.25, -0.2) is 0 Å². The monoisotopic (exact) mass is 345 g/mol. The summed E-state index contributed by atoms with van der Waals surface area (Å²) in [6.07, 6.45) is 3.59. The molecule has 1 heterocycles. The molecule has 0 amide bonds. The molecule has 2 aromatic rings. The minimum absolute atomic E-state index is 0.238. The maximum atomic E-state index is 13.5. The van der Waals surface area contributed by atoms with E-state index in [-0.39, 0.29) is 10.8 Å². The van der Waals surface area contributed by atoms with Crippen molar-refractivity contribution in [1.82, 2.24) is 4.98 Å². The van der Waals surface area contributed by atoms with Crippen LogP contribution in [-0.4, -0.2) is 23.4 Å². The summed E-state index contributed by atoms with van der Waals surface area (Å²) in [5, 5.41) is 2.03. The quantitative estimate of drug-likeness (QED) is 0.721. The summed E-state index contributed by atoms with van der Waals surface area (Å²) in [6, 6.07) is 3.14. The van der Waals surface area contributed by atoms with Gasteiger partial charge in [-0.15, -0.1) is 0 Å². The molecule has 4 heteroatoms. The molecule has 16 heavy (non-hydrogen) atoms. The first kappa shape index (κ1) is 12.1. The van der Waals surface area contributed by atoms with Gasteiger partial charge >= 0.3 is 104 Å². The molecule has 84 valence electrons. The third kappa shape index (κ3) is 2.05. The van der Waals surface area contributed by atoms with Crippen molar-refractivity contribution >= 4 is 44.3 Å². The molecule has 0 unspecified atom stereocenters. The average molecular weight is 344 g/mol. The number of nitrogens with zero attached hydrogens (tertiary/aromatic N) is 1. The fraction of sp³-hybridized carbons (Fsp3) is 0.250. The maximum absolute atomic E-state index is 13.5. The van der Waals surface area contributed by atoms with E-state index < -0.39 is 18.4 Å². The van der Waals surface area contributed by atoms with Crippen LogP contribution in [0.1, 0.15) is 0 Å². The molecule has 1 nitrogen and oxygen atoms in total. The van der Waals surface area contributed by atoms with Gasteiger partial charge in [0.2, 0.25) is 0 Å². The first-order valence-electron chi connectivity index (χ1n) is 5.13. The van der Waals surface area contributed by atoms with E-state index in [0.717, 1.165) is 10.8 Å². The molecule has 1 aromatic heterocycles. The Balaban J connectivity index is 2.91. The summed E-state index contributed by atoms with van der Waals surface area (Å²) in [6.45, 7) is 0. The van der Waals surface area contributed by atoms with Gasteiger partial charge in [0, 0.05) is 0 Å². The topological polar surface area (TPSA) is 12.9 Å². The van der Waals surface area contributed by atoms with Gasteiger partial charge in [-0.2, -0.15) is 0 Å². The van der Waals surface area contributed by atoms with Gasteiger partial charge in [0.25, 0.3) is 0 Å². The van der Waals surface area contributed by atoms with Crippen molar-refractivity contribution in [3.05, 3.63) is 35.4 Å². The number of hydrogen-bond donors (Lipinski definition) is 0. The number of hydrogen-bond acceptors (Lipinski definition) is 1. The van der Waals surface area contributed by atoms with Crippen molar-refractivity contribution in [2.75, 3.05) is 0 Å². The normalized spacial score (nSPS) is 12.1. The average Bonchev–Trinajstić information content (AvgIpc) is 2.21. The Kier molecular flexibility index (Phi) is 3.14. The van der Waals surface area contributed by atoms with Crippen LogP contribution in [0.5, 0.6) is 0 Å². The predicted molar refractivity (Wildman–Crippen MR) is 69.7 cm³/mol.